The van der Waals surface area contributed by atoms with Crippen LogP contribution < -0.4 is 10.6 Å². The Hall–Kier alpha value is -2.94. The maximum absolute atomic E-state index is 12.4. The van der Waals surface area contributed by atoms with E-state index in [9.17, 15) is 19.2 Å². The number of anilines is 1. The van der Waals surface area contributed by atoms with Gasteiger partial charge in [-0.05, 0) is 31.5 Å². The van der Waals surface area contributed by atoms with Crippen LogP contribution in [0.4, 0.5) is 10.5 Å². The van der Waals surface area contributed by atoms with Gasteiger partial charge >= 0.3 is 12.0 Å². The Morgan fingerprint density at radius 1 is 1.15 bits per heavy atom. The van der Waals surface area contributed by atoms with Crippen LogP contribution in [-0.2, 0) is 14.3 Å². The number of nitrogens with zero attached hydrogens (tertiary/aromatic N) is 1. The van der Waals surface area contributed by atoms with Crippen molar-refractivity contribution in [3.8, 4) is 0 Å². The van der Waals surface area contributed by atoms with Crippen molar-refractivity contribution in [3.63, 3.8) is 0 Å². The largest absolute Gasteiger partial charge is 0.465 e. The number of rotatable bonds is 8. The van der Waals surface area contributed by atoms with Gasteiger partial charge in [-0.1, -0.05) is 0 Å². The van der Waals surface area contributed by atoms with Crippen molar-refractivity contribution in [1.29, 1.82) is 0 Å². The summed E-state index contributed by atoms with van der Waals surface area (Å²) in [5.41, 5.74) is 0.866. The number of nitrogens with one attached hydrogen (secondary N) is 2. The van der Waals surface area contributed by atoms with Crippen molar-refractivity contribution in [3.05, 3.63) is 29.3 Å². The maximum Gasteiger partial charge on any atom is 0.325 e. The molecule has 0 atom stereocenters. The van der Waals surface area contributed by atoms with Gasteiger partial charge < -0.3 is 20.1 Å². The molecule has 0 fully saturated rings. The van der Waals surface area contributed by atoms with Gasteiger partial charge in [0.1, 0.15) is 6.54 Å². The minimum atomic E-state index is -0.619. The summed E-state index contributed by atoms with van der Waals surface area (Å²) in [4.78, 5) is 48.9. The molecule has 0 bridgehead atoms. The second kappa shape index (κ2) is 8.95. The smallest absolute Gasteiger partial charge is 0.325 e. The Morgan fingerprint density at radius 3 is 2.58 bits per heavy atom. The number of methoxy groups -OCH3 is 1. The molecule has 9 nitrogen and oxygen atoms in total. The molecule has 140 valence electrons. The first-order valence-electron chi connectivity index (χ1n) is 8.17. The third kappa shape index (κ3) is 4.57. The molecule has 4 amide bonds. The zero-order valence-electron chi connectivity index (χ0n) is 14.7. The number of amides is 4. The first-order chi connectivity index (χ1) is 12.5. The van der Waals surface area contributed by atoms with Crippen molar-refractivity contribution >= 4 is 29.5 Å². The minimum Gasteiger partial charge on any atom is -0.465 e. The van der Waals surface area contributed by atoms with Crippen molar-refractivity contribution < 1.29 is 28.7 Å². The van der Waals surface area contributed by atoms with Gasteiger partial charge in [-0.15, -0.1) is 0 Å². The molecule has 0 radical (unpaired) electrons. The highest BCUT2D eigenvalue weighted by atomic mass is 16.5. The Kier molecular flexibility index (Phi) is 6.67. The molecule has 9 heteroatoms. The highest BCUT2D eigenvalue weighted by molar-refractivity contribution is 6.21. The number of esters is 1. The van der Waals surface area contributed by atoms with Gasteiger partial charge in [0.25, 0.3) is 11.8 Å². The van der Waals surface area contributed by atoms with E-state index < -0.39 is 17.9 Å². The molecule has 2 N–H and O–H groups in total. The monoisotopic (exact) mass is 363 g/mol. The Bertz CT molecular complexity index is 718. The summed E-state index contributed by atoms with van der Waals surface area (Å²) in [6.45, 7) is 2.34. The lowest BCUT2D eigenvalue weighted by Crippen LogP contribution is -2.34. The Labute approximate surface area is 150 Å². The summed E-state index contributed by atoms with van der Waals surface area (Å²) in [5.74, 6) is -1.32. The van der Waals surface area contributed by atoms with E-state index in [0.29, 0.717) is 24.3 Å². The lowest BCUT2D eigenvalue weighted by molar-refractivity contribution is -0.141. The number of imide groups is 1. The van der Waals surface area contributed by atoms with E-state index in [2.05, 4.69) is 10.6 Å². The highest BCUT2D eigenvalue weighted by Crippen LogP contribution is 2.26. The number of fused-ring (bicyclic) bond motifs is 1. The van der Waals surface area contributed by atoms with Gasteiger partial charge in [-0.3, -0.25) is 19.3 Å². The average molecular weight is 363 g/mol. The second-order valence-corrected chi connectivity index (χ2v) is 5.48. The number of carbonyl (C=O) groups excluding carboxylic acids is 4. The standard InChI is InChI=1S/C17H21N3O6/c1-3-26-14(21)10-18-17(24)19-11-5-6-12-13(9-11)16(23)20(15(12)22)7-4-8-25-2/h5-6,9H,3-4,7-8,10H2,1-2H3,(H2,18,19,24). The zero-order chi connectivity index (χ0) is 19.1. The van der Waals surface area contributed by atoms with Crippen LogP contribution in [0.15, 0.2) is 18.2 Å². The van der Waals surface area contributed by atoms with E-state index in [1.165, 1.54) is 18.2 Å². The number of urea groups is 1. The molecule has 0 unspecified atom stereocenters. The topological polar surface area (TPSA) is 114 Å². The van der Waals surface area contributed by atoms with Gasteiger partial charge in [-0.2, -0.15) is 0 Å². The lowest BCUT2D eigenvalue weighted by Gasteiger charge is -2.12. The van der Waals surface area contributed by atoms with E-state index in [1.807, 2.05) is 0 Å². The summed E-state index contributed by atoms with van der Waals surface area (Å²) in [5, 5.41) is 4.86. The molecule has 2 rings (SSSR count). The molecule has 0 saturated carbocycles. The number of hydrogen-bond donors (Lipinski definition) is 2. The Balaban J connectivity index is 1.99. The fourth-order valence-corrected chi connectivity index (χ4v) is 2.48. The quantitative estimate of drug-likeness (QED) is 0.405. The summed E-state index contributed by atoms with van der Waals surface area (Å²) in [6.07, 6.45) is 0.545. The molecule has 0 aromatic heterocycles. The Morgan fingerprint density at radius 2 is 1.88 bits per heavy atom. The number of carbonyl (C=O) groups is 4. The summed E-state index contributed by atoms with van der Waals surface area (Å²) >= 11 is 0. The number of ether oxygens (including phenoxy) is 2. The molecular formula is C17H21N3O6. The van der Waals surface area contributed by atoms with Crippen LogP contribution in [0.3, 0.4) is 0 Å². The van der Waals surface area contributed by atoms with Gasteiger partial charge in [0.2, 0.25) is 0 Å². The molecule has 0 spiro atoms. The third-order valence-electron chi connectivity index (χ3n) is 3.66. The lowest BCUT2D eigenvalue weighted by atomic mass is 10.1. The first-order valence-corrected chi connectivity index (χ1v) is 8.17. The van der Waals surface area contributed by atoms with Crippen LogP contribution in [0.1, 0.15) is 34.1 Å². The van der Waals surface area contributed by atoms with Crippen LogP contribution in [0, 0.1) is 0 Å². The van der Waals surface area contributed by atoms with Crippen LogP contribution in [0.25, 0.3) is 0 Å². The normalized spacial score (nSPS) is 12.8. The van der Waals surface area contributed by atoms with Gasteiger partial charge in [0.05, 0.1) is 17.7 Å². The number of hydrogen-bond acceptors (Lipinski definition) is 6. The fraction of sp³-hybridized carbons (Fsp3) is 0.412. The molecule has 0 aliphatic carbocycles. The van der Waals surface area contributed by atoms with Gasteiger partial charge in [0, 0.05) is 25.9 Å². The maximum atomic E-state index is 12.4. The SMILES string of the molecule is CCOC(=O)CNC(=O)Nc1ccc2c(c1)C(=O)N(CCCOC)C2=O. The molecule has 26 heavy (non-hydrogen) atoms. The third-order valence-corrected chi connectivity index (χ3v) is 3.66. The molecule has 0 saturated heterocycles. The van der Waals surface area contributed by atoms with Crippen molar-refractivity contribution in [2.45, 2.75) is 13.3 Å². The van der Waals surface area contributed by atoms with Crippen molar-refractivity contribution in [1.82, 2.24) is 10.2 Å². The summed E-state index contributed by atoms with van der Waals surface area (Å²) in [6, 6.07) is 3.83. The van der Waals surface area contributed by atoms with E-state index in [1.54, 1.807) is 14.0 Å². The predicted molar refractivity (Wildman–Crippen MR) is 92.0 cm³/mol. The van der Waals surface area contributed by atoms with Crippen molar-refractivity contribution in [2.75, 3.05) is 38.7 Å². The van der Waals surface area contributed by atoms with E-state index in [0.717, 1.165) is 4.90 Å². The fourth-order valence-electron chi connectivity index (χ4n) is 2.48. The van der Waals surface area contributed by atoms with E-state index >= 15 is 0 Å². The van der Waals surface area contributed by atoms with Gasteiger partial charge in [0.15, 0.2) is 0 Å². The number of benzene rings is 1. The van der Waals surface area contributed by atoms with Crippen LogP contribution in [0.5, 0.6) is 0 Å². The van der Waals surface area contributed by atoms with Crippen LogP contribution >= 0.6 is 0 Å². The van der Waals surface area contributed by atoms with E-state index in [4.69, 9.17) is 9.47 Å². The minimum absolute atomic E-state index is 0.226. The molecule has 1 aromatic carbocycles. The van der Waals surface area contributed by atoms with Gasteiger partial charge in [-0.25, -0.2) is 4.79 Å². The molecular weight excluding hydrogens is 342 g/mol. The molecule has 1 aromatic rings. The predicted octanol–water partition coefficient (Wildman–Crippen LogP) is 1.00. The van der Waals surface area contributed by atoms with Crippen LogP contribution in [-0.4, -0.2) is 62.1 Å². The molecule has 1 aliphatic heterocycles. The highest BCUT2D eigenvalue weighted by Gasteiger charge is 2.35. The molecule has 1 heterocycles. The van der Waals surface area contributed by atoms with Crippen molar-refractivity contribution in [2.24, 2.45) is 0 Å². The van der Waals surface area contributed by atoms with Crippen LogP contribution in [0.2, 0.25) is 0 Å². The zero-order valence-corrected chi connectivity index (χ0v) is 14.7. The summed E-state index contributed by atoms with van der Waals surface area (Å²) < 4.78 is 9.63. The second-order valence-electron chi connectivity index (χ2n) is 5.48. The first kappa shape index (κ1) is 19.4. The summed E-state index contributed by atoms with van der Waals surface area (Å²) in [7, 11) is 1.55. The van der Waals surface area contributed by atoms with E-state index in [-0.39, 0.29) is 31.2 Å². The average Bonchev–Trinajstić information content (AvgIpc) is 2.85. The molecule has 1 aliphatic rings.